The number of hydrogen-bond acceptors (Lipinski definition) is 2. The van der Waals surface area contributed by atoms with E-state index in [1.54, 1.807) is 0 Å². The van der Waals surface area contributed by atoms with Crippen molar-refractivity contribution < 1.29 is 4.74 Å². The van der Waals surface area contributed by atoms with Crippen molar-refractivity contribution in [3.8, 4) is 5.75 Å². The summed E-state index contributed by atoms with van der Waals surface area (Å²) in [5.41, 5.74) is 2.70. The summed E-state index contributed by atoms with van der Waals surface area (Å²) in [6, 6.07) is 6.36. The highest BCUT2D eigenvalue weighted by Crippen LogP contribution is 2.32. The van der Waals surface area contributed by atoms with E-state index in [4.69, 9.17) is 4.74 Å². The fourth-order valence-electron chi connectivity index (χ4n) is 2.49. The lowest BCUT2D eigenvalue weighted by atomic mass is 10.1. The Morgan fingerprint density at radius 1 is 1.33 bits per heavy atom. The highest BCUT2D eigenvalue weighted by atomic mass is 35.5. The second kappa shape index (κ2) is 5.21. The van der Waals surface area contributed by atoms with Crippen LogP contribution < -0.4 is 4.74 Å². The van der Waals surface area contributed by atoms with Gasteiger partial charge in [0.05, 0.1) is 12.1 Å². The number of likely N-dealkylation sites (N-methyl/N-ethyl adjacent to an activating group) is 1. The second-order valence-electron chi connectivity index (χ2n) is 4.90. The van der Waals surface area contributed by atoms with Crippen LogP contribution in [0.3, 0.4) is 0 Å². The van der Waals surface area contributed by atoms with Gasteiger partial charge in [0.1, 0.15) is 12.4 Å². The zero-order chi connectivity index (χ0) is 11.8. The molecular weight excluding hydrogens is 248 g/mol. The summed E-state index contributed by atoms with van der Waals surface area (Å²) >= 11 is 0. The number of ether oxygens (including phenoxy) is 1. The molecule has 1 aromatic carbocycles. The lowest BCUT2D eigenvalue weighted by Gasteiger charge is -2.16. The van der Waals surface area contributed by atoms with Gasteiger partial charge in [0.2, 0.25) is 0 Å². The first-order valence-corrected chi connectivity index (χ1v) is 6.14. The van der Waals surface area contributed by atoms with Crippen molar-refractivity contribution in [3.63, 3.8) is 0 Å². The molecule has 3 rings (SSSR count). The van der Waals surface area contributed by atoms with E-state index < -0.39 is 0 Å². The second-order valence-corrected chi connectivity index (χ2v) is 4.90. The summed E-state index contributed by atoms with van der Waals surface area (Å²) in [6.45, 7) is 2.84. The highest BCUT2D eigenvalue weighted by Gasteiger charge is 2.16. The molecular formula is C14H19ClN2O. The van der Waals surface area contributed by atoms with E-state index in [0.717, 1.165) is 31.9 Å². The SMILES string of the molecule is CN(C)CCc1cn2c3c(cccc13)OCC2.Cl. The molecule has 2 heterocycles. The Hall–Kier alpha value is -1.19. The van der Waals surface area contributed by atoms with Crippen LogP contribution in [0.4, 0.5) is 0 Å². The third-order valence-electron chi connectivity index (χ3n) is 3.36. The molecule has 1 aliphatic heterocycles. The van der Waals surface area contributed by atoms with Gasteiger partial charge in [-0.2, -0.15) is 0 Å². The lowest BCUT2D eigenvalue weighted by molar-refractivity contribution is 0.287. The summed E-state index contributed by atoms with van der Waals surface area (Å²) in [5, 5.41) is 1.35. The molecule has 18 heavy (non-hydrogen) atoms. The van der Waals surface area contributed by atoms with Gasteiger partial charge in [-0.1, -0.05) is 12.1 Å². The summed E-state index contributed by atoms with van der Waals surface area (Å²) in [6.07, 6.45) is 3.39. The maximum atomic E-state index is 5.70. The fourth-order valence-corrected chi connectivity index (χ4v) is 2.49. The van der Waals surface area contributed by atoms with Crippen molar-refractivity contribution in [2.45, 2.75) is 13.0 Å². The van der Waals surface area contributed by atoms with Crippen molar-refractivity contribution in [1.29, 1.82) is 0 Å². The summed E-state index contributed by atoms with van der Waals surface area (Å²) in [5.74, 6) is 1.03. The van der Waals surface area contributed by atoms with Gasteiger partial charge >= 0.3 is 0 Å². The third-order valence-corrected chi connectivity index (χ3v) is 3.36. The van der Waals surface area contributed by atoms with Crippen molar-refractivity contribution in [2.24, 2.45) is 0 Å². The molecule has 2 aromatic rings. The largest absolute Gasteiger partial charge is 0.490 e. The lowest BCUT2D eigenvalue weighted by Crippen LogP contribution is -2.15. The minimum atomic E-state index is 0. The van der Waals surface area contributed by atoms with Crippen LogP contribution in [-0.4, -0.2) is 36.7 Å². The molecule has 0 radical (unpaired) electrons. The minimum Gasteiger partial charge on any atom is -0.490 e. The number of para-hydroxylation sites is 1. The molecule has 0 unspecified atom stereocenters. The summed E-state index contributed by atoms with van der Waals surface area (Å²) < 4.78 is 8.04. The number of rotatable bonds is 3. The van der Waals surface area contributed by atoms with Crippen LogP contribution in [0.2, 0.25) is 0 Å². The van der Waals surface area contributed by atoms with Crippen LogP contribution in [0.15, 0.2) is 24.4 Å². The van der Waals surface area contributed by atoms with Gasteiger partial charge in [0.25, 0.3) is 0 Å². The smallest absolute Gasteiger partial charge is 0.143 e. The van der Waals surface area contributed by atoms with Gasteiger partial charge in [-0.3, -0.25) is 0 Å². The number of benzene rings is 1. The number of halogens is 1. The van der Waals surface area contributed by atoms with Crippen molar-refractivity contribution >= 4 is 23.3 Å². The molecule has 98 valence electrons. The molecule has 3 nitrogen and oxygen atoms in total. The van der Waals surface area contributed by atoms with E-state index in [-0.39, 0.29) is 12.4 Å². The predicted molar refractivity (Wildman–Crippen MR) is 76.9 cm³/mol. The van der Waals surface area contributed by atoms with E-state index >= 15 is 0 Å². The number of hydrogen-bond donors (Lipinski definition) is 0. The van der Waals surface area contributed by atoms with Crippen LogP contribution in [0.5, 0.6) is 5.75 Å². The maximum absolute atomic E-state index is 5.70. The first-order valence-electron chi connectivity index (χ1n) is 6.14. The molecule has 0 saturated heterocycles. The molecule has 0 aliphatic carbocycles. The Kier molecular flexibility index (Phi) is 3.83. The van der Waals surface area contributed by atoms with Crippen LogP contribution >= 0.6 is 12.4 Å². The standard InChI is InChI=1S/C14H18N2O.ClH/c1-15(2)7-6-11-10-16-8-9-17-13-5-3-4-12(11)14(13)16;/h3-5,10H,6-9H2,1-2H3;1H. The topological polar surface area (TPSA) is 17.4 Å². The Morgan fingerprint density at radius 2 is 2.17 bits per heavy atom. The van der Waals surface area contributed by atoms with E-state index in [9.17, 15) is 0 Å². The van der Waals surface area contributed by atoms with Crippen molar-refractivity contribution in [1.82, 2.24) is 9.47 Å². The van der Waals surface area contributed by atoms with E-state index in [2.05, 4.69) is 48.0 Å². The fraction of sp³-hybridized carbons (Fsp3) is 0.429. The predicted octanol–water partition coefficient (Wildman–Crippen LogP) is 2.56. The summed E-state index contributed by atoms with van der Waals surface area (Å²) in [4.78, 5) is 2.23. The van der Waals surface area contributed by atoms with Gasteiger partial charge in [0.15, 0.2) is 0 Å². The normalized spacial score (nSPS) is 13.5. The number of nitrogens with zero attached hydrogens (tertiary/aromatic N) is 2. The summed E-state index contributed by atoms with van der Waals surface area (Å²) in [7, 11) is 4.23. The van der Waals surface area contributed by atoms with E-state index in [0.29, 0.717) is 0 Å². The molecule has 0 saturated carbocycles. The van der Waals surface area contributed by atoms with Crippen LogP contribution in [0, 0.1) is 0 Å². The molecule has 4 heteroatoms. The third kappa shape index (κ3) is 2.20. The van der Waals surface area contributed by atoms with Gasteiger partial charge in [0, 0.05) is 18.1 Å². The van der Waals surface area contributed by atoms with Crippen LogP contribution in [-0.2, 0) is 13.0 Å². The average Bonchev–Trinajstić information content (AvgIpc) is 2.68. The molecule has 0 fully saturated rings. The molecule has 0 spiro atoms. The Morgan fingerprint density at radius 3 is 2.94 bits per heavy atom. The quantitative estimate of drug-likeness (QED) is 0.850. The van der Waals surface area contributed by atoms with Crippen LogP contribution in [0.25, 0.3) is 10.9 Å². The zero-order valence-electron chi connectivity index (χ0n) is 10.8. The monoisotopic (exact) mass is 266 g/mol. The maximum Gasteiger partial charge on any atom is 0.143 e. The average molecular weight is 267 g/mol. The van der Waals surface area contributed by atoms with E-state index in [1.807, 2.05) is 0 Å². The number of aromatic nitrogens is 1. The zero-order valence-corrected chi connectivity index (χ0v) is 11.7. The van der Waals surface area contributed by atoms with Gasteiger partial charge in [-0.05, 0) is 32.1 Å². The van der Waals surface area contributed by atoms with Crippen LogP contribution in [0.1, 0.15) is 5.56 Å². The Bertz CT molecular complexity index is 548. The van der Waals surface area contributed by atoms with Crippen molar-refractivity contribution in [3.05, 3.63) is 30.0 Å². The van der Waals surface area contributed by atoms with E-state index in [1.165, 1.54) is 16.5 Å². The first kappa shape index (κ1) is 13.2. The molecule has 1 aliphatic rings. The Balaban J connectivity index is 0.00000120. The van der Waals surface area contributed by atoms with Gasteiger partial charge < -0.3 is 14.2 Å². The molecule has 0 atom stereocenters. The molecule has 0 amide bonds. The van der Waals surface area contributed by atoms with Gasteiger partial charge in [-0.15, -0.1) is 12.4 Å². The highest BCUT2D eigenvalue weighted by molar-refractivity contribution is 5.89. The van der Waals surface area contributed by atoms with Gasteiger partial charge in [-0.25, -0.2) is 0 Å². The molecule has 1 aromatic heterocycles. The minimum absolute atomic E-state index is 0. The Labute approximate surface area is 114 Å². The molecule has 0 N–H and O–H groups in total. The van der Waals surface area contributed by atoms with Crippen molar-refractivity contribution in [2.75, 3.05) is 27.2 Å². The molecule has 0 bridgehead atoms. The first-order chi connectivity index (χ1) is 8.25.